The molecule has 0 spiro atoms. The number of nitro groups is 1. The minimum Gasteiger partial charge on any atom is -0.470 e. The Hall–Kier alpha value is -1.63. The van der Waals surface area contributed by atoms with Gasteiger partial charge in [-0.1, -0.05) is 0 Å². The van der Waals surface area contributed by atoms with Crippen molar-refractivity contribution < 1.29 is 14.8 Å². The second-order valence-corrected chi connectivity index (χ2v) is 5.06. The van der Waals surface area contributed by atoms with Gasteiger partial charge < -0.3 is 9.84 Å². The highest BCUT2D eigenvalue weighted by atomic mass is 16.6. The Labute approximate surface area is 111 Å². The maximum absolute atomic E-state index is 11.0. The summed E-state index contributed by atoms with van der Waals surface area (Å²) in [6, 6.07) is 0. The summed E-state index contributed by atoms with van der Waals surface area (Å²) in [4.78, 5) is 10.6. The number of aromatic nitrogens is 2. The zero-order valence-corrected chi connectivity index (χ0v) is 11.2. The van der Waals surface area contributed by atoms with Crippen molar-refractivity contribution in [2.75, 3.05) is 6.61 Å². The maximum Gasteiger partial charge on any atom is 0.353 e. The van der Waals surface area contributed by atoms with Gasteiger partial charge in [-0.05, 0) is 38.5 Å². The van der Waals surface area contributed by atoms with E-state index < -0.39 is 4.92 Å². The highest BCUT2D eigenvalue weighted by molar-refractivity contribution is 5.45. The molecule has 0 aliphatic heterocycles. The molecular weight excluding hydrogens is 250 g/mol. The second-order valence-electron chi connectivity index (χ2n) is 5.06. The fourth-order valence-electron chi connectivity index (χ4n) is 2.56. The minimum absolute atomic E-state index is 0.0312. The summed E-state index contributed by atoms with van der Waals surface area (Å²) < 4.78 is 7.19. The smallest absolute Gasteiger partial charge is 0.353 e. The molecule has 0 radical (unpaired) electrons. The van der Waals surface area contributed by atoms with Crippen molar-refractivity contribution in [3.63, 3.8) is 0 Å². The van der Waals surface area contributed by atoms with Gasteiger partial charge in [-0.3, -0.25) is 10.1 Å². The van der Waals surface area contributed by atoms with Gasteiger partial charge in [-0.15, -0.1) is 0 Å². The quantitative estimate of drug-likeness (QED) is 0.661. The fraction of sp³-hybridized carbons (Fsp3) is 0.750. The summed E-state index contributed by atoms with van der Waals surface area (Å²) in [5, 5.41) is 24.2. The zero-order chi connectivity index (χ0) is 14.0. The summed E-state index contributed by atoms with van der Waals surface area (Å²) in [7, 11) is 1.65. The van der Waals surface area contributed by atoms with Crippen LogP contribution in [-0.2, 0) is 7.05 Å². The van der Waals surface area contributed by atoms with E-state index in [9.17, 15) is 10.1 Å². The Kier molecular flexibility index (Phi) is 4.04. The Morgan fingerprint density at radius 1 is 1.47 bits per heavy atom. The number of aliphatic hydroxyl groups is 1. The number of aryl methyl sites for hydroxylation is 2. The number of rotatable bonds is 4. The number of aliphatic hydroxyl groups excluding tert-OH is 1. The standard InChI is InChI=1S/C12H19N3O4/c1-8-11(15(17)18)12(14(2)13-8)19-10-5-3-9(7-16)4-6-10/h9-10,16H,3-7H2,1-2H3. The average Bonchev–Trinajstić information content (AvgIpc) is 2.65. The summed E-state index contributed by atoms with van der Waals surface area (Å²) in [6.07, 6.45) is 3.38. The number of hydrogen-bond donors (Lipinski definition) is 1. The third-order valence-electron chi connectivity index (χ3n) is 3.65. The first kappa shape index (κ1) is 13.8. The van der Waals surface area contributed by atoms with Gasteiger partial charge in [0, 0.05) is 13.7 Å². The molecule has 0 atom stereocenters. The summed E-state index contributed by atoms with van der Waals surface area (Å²) >= 11 is 0. The molecule has 1 saturated carbocycles. The van der Waals surface area contributed by atoms with Crippen molar-refractivity contribution in [1.29, 1.82) is 0 Å². The lowest BCUT2D eigenvalue weighted by atomic mass is 9.88. The molecule has 1 aliphatic rings. The van der Waals surface area contributed by atoms with E-state index in [1.54, 1.807) is 14.0 Å². The van der Waals surface area contributed by atoms with E-state index in [2.05, 4.69) is 5.10 Å². The van der Waals surface area contributed by atoms with E-state index in [0.717, 1.165) is 25.7 Å². The van der Waals surface area contributed by atoms with Crippen LogP contribution in [-0.4, -0.2) is 32.5 Å². The molecule has 0 amide bonds. The van der Waals surface area contributed by atoms with Crippen LogP contribution in [0.2, 0.25) is 0 Å². The monoisotopic (exact) mass is 269 g/mol. The van der Waals surface area contributed by atoms with Gasteiger partial charge in [0.05, 0.1) is 4.92 Å². The molecule has 19 heavy (non-hydrogen) atoms. The van der Waals surface area contributed by atoms with Crippen LogP contribution in [0.3, 0.4) is 0 Å². The van der Waals surface area contributed by atoms with Gasteiger partial charge >= 0.3 is 5.69 Å². The van der Waals surface area contributed by atoms with Crippen LogP contribution in [0.15, 0.2) is 0 Å². The topological polar surface area (TPSA) is 90.4 Å². The summed E-state index contributed by atoms with van der Waals surface area (Å²) in [5.74, 6) is 0.568. The van der Waals surface area contributed by atoms with Crippen molar-refractivity contribution in [3.8, 4) is 5.88 Å². The molecule has 0 saturated heterocycles. The number of hydrogen-bond acceptors (Lipinski definition) is 5. The largest absolute Gasteiger partial charge is 0.470 e. The van der Waals surface area contributed by atoms with Crippen molar-refractivity contribution in [3.05, 3.63) is 15.8 Å². The van der Waals surface area contributed by atoms with Gasteiger partial charge in [-0.25, -0.2) is 4.68 Å². The molecule has 2 rings (SSSR count). The highest BCUT2D eigenvalue weighted by Gasteiger charge is 2.29. The van der Waals surface area contributed by atoms with Gasteiger partial charge in [0.1, 0.15) is 11.8 Å². The molecule has 7 nitrogen and oxygen atoms in total. The Morgan fingerprint density at radius 3 is 2.63 bits per heavy atom. The Bertz CT molecular complexity index is 464. The van der Waals surface area contributed by atoms with Crippen LogP contribution in [0.1, 0.15) is 31.4 Å². The molecule has 1 aromatic heterocycles. The maximum atomic E-state index is 11.0. The third kappa shape index (κ3) is 2.86. The predicted octanol–water partition coefficient (Wildman–Crippen LogP) is 1.57. The lowest BCUT2D eigenvalue weighted by Gasteiger charge is -2.27. The first-order valence-corrected chi connectivity index (χ1v) is 6.48. The van der Waals surface area contributed by atoms with Crippen LogP contribution in [0.25, 0.3) is 0 Å². The molecule has 106 valence electrons. The number of ether oxygens (including phenoxy) is 1. The molecule has 1 fully saturated rings. The van der Waals surface area contributed by atoms with Crippen LogP contribution in [0, 0.1) is 23.0 Å². The normalized spacial score (nSPS) is 23.3. The van der Waals surface area contributed by atoms with Crippen LogP contribution in [0.5, 0.6) is 5.88 Å². The molecule has 1 heterocycles. The van der Waals surface area contributed by atoms with E-state index >= 15 is 0 Å². The molecule has 1 aliphatic carbocycles. The van der Waals surface area contributed by atoms with E-state index in [0.29, 0.717) is 11.6 Å². The molecule has 0 bridgehead atoms. The molecule has 7 heteroatoms. The summed E-state index contributed by atoms with van der Waals surface area (Å²) in [5.41, 5.74) is 0.318. The van der Waals surface area contributed by atoms with Crippen molar-refractivity contribution >= 4 is 5.69 Å². The van der Waals surface area contributed by atoms with Crippen LogP contribution in [0.4, 0.5) is 5.69 Å². The molecule has 0 aromatic carbocycles. The molecular formula is C12H19N3O4. The number of nitrogens with zero attached hydrogens (tertiary/aromatic N) is 3. The van der Waals surface area contributed by atoms with Gasteiger partial charge in [-0.2, -0.15) is 5.10 Å². The SMILES string of the molecule is Cc1nn(C)c(OC2CCC(CO)CC2)c1[N+](=O)[O-]. The highest BCUT2D eigenvalue weighted by Crippen LogP contribution is 2.33. The first-order valence-electron chi connectivity index (χ1n) is 6.48. The van der Waals surface area contributed by atoms with Crippen molar-refractivity contribution in [1.82, 2.24) is 9.78 Å². The summed E-state index contributed by atoms with van der Waals surface area (Å²) in [6.45, 7) is 1.81. The van der Waals surface area contributed by atoms with Crippen molar-refractivity contribution in [2.24, 2.45) is 13.0 Å². The van der Waals surface area contributed by atoms with Gasteiger partial charge in [0.15, 0.2) is 0 Å². The van der Waals surface area contributed by atoms with E-state index in [4.69, 9.17) is 9.84 Å². The van der Waals surface area contributed by atoms with Crippen molar-refractivity contribution in [2.45, 2.75) is 38.7 Å². The van der Waals surface area contributed by atoms with Gasteiger partial charge in [0.25, 0.3) is 5.88 Å². The molecule has 0 unspecified atom stereocenters. The minimum atomic E-state index is -0.447. The fourth-order valence-corrected chi connectivity index (χ4v) is 2.56. The van der Waals surface area contributed by atoms with E-state index in [-0.39, 0.29) is 24.3 Å². The van der Waals surface area contributed by atoms with E-state index in [1.165, 1.54) is 4.68 Å². The van der Waals surface area contributed by atoms with Crippen LogP contribution < -0.4 is 4.74 Å². The third-order valence-corrected chi connectivity index (χ3v) is 3.65. The van der Waals surface area contributed by atoms with Crippen LogP contribution >= 0.6 is 0 Å². The Balaban J connectivity index is 2.09. The molecule has 1 aromatic rings. The Morgan fingerprint density at radius 2 is 2.11 bits per heavy atom. The first-order chi connectivity index (χ1) is 9.02. The van der Waals surface area contributed by atoms with E-state index in [1.807, 2.05) is 0 Å². The second kappa shape index (κ2) is 5.56. The predicted molar refractivity (Wildman–Crippen MR) is 68.1 cm³/mol. The molecule has 1 N–H and O–H groups in total. The van der Waals surface area contributed by atoms with Gasteiger partial charge in [0.2, 0.25) is 0 Å². The lowest BCUT2D eigenvalue weighted by Crippen LogP contribution is -2.26. The zero-order valence-electron chi connectivity index (χ0n) is 11.2. The average molecular weight is 269 g/mol. The lowest BCUT2D eigenvalue weighted by molar-refractivity contribution is -0.386.